The molecule has 0 fully saturated rings. The lowest BCUT2D eigenvalue weighted by molar-refractivity contribution is 0.0834. The molecule has 0 saturated carbocycles. The Bertz CT molecular complexity index is 995. The van der Waals surface area contributed by atoms with Gasteiger partial charge in [-0.05, 0) is 64.6 Å². The number of nitrogens with one attached hydrogen (secondary N) is 3. The highest BCUT2D eigenvalue weighted by Gasteiger charge is 2.34. The molecule has 7 nitrogen and oxygen atoms in total. The minimum Gasteiger partial charge on any atom is -0.394 e. The number of benzene rings is 1. The summed E-state index contributed by atoms with van der Waals surface area (Å²) in [6.07, 6.45) is -0.110. The normalized spacial score (nSPS) is 16.1. The average molecular weight is 578 g/mol. The Hall–Kier alpha value is -1.40. The van der Waals surface area contributed by atoms with E-state index in [1.807, 2.05) is 32.0 Å². The summed E-state index contributed by atoms with van der Waals surface area (Å²) < 4.78 is 0.983. The van der Waals surface area contributed by atoms with Crippen molar-refractivity contribution in [3.05, 3.63) is 42.8 Å². The molecule has 168 valence electrons. The molecule has 0 aliphatic carbocycles. The van der Waals surface area contributed by atoms with Gasteiger partial charge in [0.2, 0.25) is 0 Å². The number of hydrogen-bond acceptors (Lipinski definition) is 6. The third-order valence-electron chi connectivity index (χ3n) is 4.98. The van der Waals surface area contributed by atoms with Gasteiger partial charge in [-0.3, -0.25) is 9.59 Å². The van der Waals surface area contributed by atoms with E-state index in [1.54, 1.807) is 0 Å². The van der Waals surface area contributed by atoms with Gasteiger partial charge in [0.25, 0.3) is 11.8 Å². The minimum absolute atomic E-state index is 0.197. The van der Waals surface area contributed by atoms with Gasteiger partial charge >= 0.3 is 0 Å². The quantitative estimate of drug-likeness (QED) is 0.324. The van der Waals surface area contributed by atoms with Gasteiger partial charge in [-0.25, -0.2) is 0 Å². The second kappa shape index (κ2) is 10.0. The van der Waals surface area contributed by atoms with E-state index in [0.717, 1.165) is 3.57 Å². The fourth-order valence-corrected chi connectivity index (χ4v) is 5.38. The second-order valence-electron chi connectivity index (χ2n) is 8.27. The smallest absolute Gasteiger partial charge is 0.261 e. The zero-order chi connectivity index (χ0) is 22.8. The van der Waals surface area contributed by atoms with E-state index in [9.17, 15) is 14.7 Å². The summed E-state index contributed by atoms with van der Waals surface area (Å²) in [4.78, 5) is 26.4. The summed E-state index contributed by atoms with van der Waals surface area (Å²) in [5, 5.41) is 28.6. The maximum atomic E-state index is 13.2. The molecule has 0 radical (unpaired) electrons. The monoisotopic (exact) mass is 577 g/mol. The summed E-state index contributed by atoms with van der Waals surface area (Å²) in [6.45, 7) is 4.44. The van der Waals surface area contributed by atoms with Crippen LogP contribution in [0.1, 0.15) is 45.9 Å². The molecular formula is C21H25ClIN3O4S. The SMILES string of the molecule is CC1(C)CNC(=O)c2sc(Nc3ccc(I)cc3Cl)c(C(=O)NCC[C@@H](O)CO)c2C1. The van der Waals surface area contributed by atoms with E-state index in [-0.39, 0.29) is 36.8 Å². The topological polar surface area (TPSA) is 111 Å². The van der Waals surface area contributed by atoms with Crippen LogP contribution in [0.25, 0.3) is 0 Å². The lowest BCUT2D eigenvalue weighted by atomic mass is 9.85. The summed E-state index contributed by atoms with van der Waals surface area (Å²) in [5.41, 5.74) is 1.54. The summed E-state index contributed by atoms with van der Waals surface area (Å²) in [6, 6.07) is 5.55. The molecule has 5 N–H and O–H groups in total. The van der Waals surface area contributed by atoms with E-state index in [1.165, 1.54) is 11.3 Å². The van der Waals surface area contributed by atoms with Crippen molar-refractivity contribution in [2.75, 3.05) is 25.0 Å². The third-order valence-corrected chi connectivity index (χ3v) is 7.11. The molecule has 1 atom stereocenters. The first-order valence-electron chi connectivity index (χ1n) is 9.84. The Labute approximate surface area is 203 Å². The molecule has 0 saturated heterocycles. The number of halogens is 2. The highest BCUT2D eigenvalue weighted by molar-refractivity contribution is 14.1. The minimum atomic E-state index is -0.896. The molecule has 2 aromatic rings. The van der Waals surface area contributed by atoms with Gasteiger partial charge in [-0.15, -0.1) is 11.3 Å². The molecule has 10 heteroatoms. The van der Waals surface area contributed by atoms with Gasteiger partial charge in [0.05, 0.1) is 33.9 Å². The Balaban J connectivity index is 2.00. The number of fused-ring (bicyclic) bond motifs is 1. The van der Waals surface area contributed by atoms with Crippen molar-refractivity contribution in [1.82, 2.24) is 10.6 Å². The molecule has 1 aliphatic rings. The van der Waals surface area contributed by atoms with Gasteiger partial charge in [-0.2, -0.15) is 0 Å². The molecule has 1 aromatic heterocycles. The van der Waals surface area contributed by atoms with Crippen LogP contribution in [0.15, 0.2) is 18.2 Å². The van der Waals surface area contributed by atoms with Crippen molar-refractivity contribution in [3.63, 3.8) is 0 Å². The highest BCUT2D eigenvalue weighted by Crippen LogP contribution is 2.41. The molecule has 2 heterocycles. The molecule has 0 unspecified atom stereocenters. The van der Waals surface area contributed by atoms with Crippen molar-refractivity contribution in [2.45, 2.75) is 32.8 Å². The van der Waals surface area contributed by atoms with E-state index < -0.39 is 6.10 Å². The van der Waals surface area contributed by atoms with Crippen LogP contribution < -0.4 is 16.0 Å². The molecule has 0 spiro atoms. The van der Waals surface area contributed by atoms with Crippen LogP contribution in [-0.2, 0) is 6.42 Å². The second-order valence-corrected chi connectivity index (χ2v) is 10.9. The first kappa shape index (κ1) is 24.2. The lowest BCUT2D eigenvalue weighted by Gasteiger charge is -2.22. The number of aliphatic hydroxyl groups is 2. The maximum Gasteiger partial charge on any atom is 0.261 e. The van der Waals surface area contributed by atoms with E-state index in [4.69, 9.17) is 16.7 Å². The van der Waals surface area contributed by atoms with Crippen LogP contribution in [0, 0.1) is 8.99 Å². The number of carbonyl (C=O) groups excluding carboxylic acids is 2. The third kappa shape index (κ3) is 5.89. The van der Waals surface area contributed by atoms with Gasteiger partial charge < -0.3 is 26.2 Å². The average Bonchev–Trinajstić information content (AvgIpc) is 3.00. The highest BCUT2D eigenvalue weighted by atomic mass is 127. The number of carbonyl (C=O) groups is 2. The van der Waals surface area contributed by atoms with Crippen LogP contribution in [0.3, 0.4) is 0 Å². The van der Waals surface area contributed by atoms with Crippen LogP contribution in [-0.4, -0.2) is 47.8 Å². The number of rotatable bonds is 7. The van der Waals surface area contributed by atoms with Crippen LogP contribution in [0.5, 0.6) is 0 Å². The fourth-order valence-electron chi connectivity index (χ4n) is 3.33. The number of amides is 2. The number of thiophene rings is 1. The predicted molar refractivity (Wildman–Crippen MR) is 132 cm³/mol. The first-order valence-corrected chi connectivity index (χ1v) is 12.1. The molecule has 1 aromatic carbocycles. The lowest BCUT2D eigenvalue weighted by Crippen LogP contribution is -2.32. The molecular weight excluding hydrogens is 553 g/mol. The van der Waals surface area contributed by atoms with E-state index >= 15 is 0 Å². The summed E-state index contributed by atoms with van der Waals surface area (Å²) in [5.74, 6) is -0.533. The zero-order valence-electron chi connectivity index (χ0n) is 17.2. The summed E-state index contributed by atoms with van der Waals surface area (Å²) in [7, 11) is 0. The van der Waals surface area contributed by atoms with Crippen molar-refractivity contribution in [2.24, 2.45) is 5.41 Å². The maximum absolute atomic E-state index is 13.2. The summed E-state index contributed by atoms with van der Waals surface area (Å²) >= 11 is 9.78. The van der Waals surface area contributed by atoms with Gasteiger partial charge in [-0.1, -0.05) is 25.4 Å². The first-order chi connectivity index (χ1) is 14.6. The van der Waals surface area contributed by atoms with Crippen molar-refractivity contribution < 1.29 is 19.8 Å². The van der Waals surface area contributed by atoms with E-state index in [2.05, 4.69) is 38.5 Å². The standard InChI is InChI=1S/C21H25ClIN3O4S/c1-21(2)8-13-16(18(29)24-6-5-12(28)9-27)20(31-17(13)19(30)25-10-21)26-15-4-3-11(23)7-14(15)22/h3-4,7,12,26-28H,5-6,8-10H2,1-2H3,(H,24,29)(H,25,30)/t12-/m1/s1. The van der Waals surface area contributed by atoms with Crippen LogP contribution in [0.2, 0.25) is 5.02 Å². The molecule has 0 bridgehead atoms. The zero-order valence-corrected chi connectivity index (χ0v) is 20.9. The predicted octanol–water partition coefficient (Wildman–Crippen LogP) is 3.53. The number of anilines is 2. The van der Waals surface area contributed by atoms with Crippen LogP contribution >= 0.6 is 45.5 Å². The Morgan fingerprint density at radius 2 is 2.16 bits per heavy atom. The molecule has 1 aliphatic heterocycles. The Morgan fingerprint density at radius 3 is 2.84 bits per heavy atom. The van der Waals surface area contributed by atoms with Gasteiger partial charge in [0.1, 0.15) is 5.00 Å². The molecule has 3 rings (SSSR count). The Morgan fingerprint density at radius 1 is 1.42 bits per heavy atom. The Kier molecular flexibility index (Phi) is 7.85. The fraction of sp³-hybridized carbons (Fsp3) is 0.429. The largest absolute Gasteiger partial charge is 0.394 e. The number of aliphatic hydroxyl groups excluding tert-OH is 2. The van der Waals surface area contributed by atoms with Gasteiger partial charge in [0, 0.05) is 16.7 Å². The van der Waals surface area contributed by atoms with Crippen molar-refractivity contribution in [3.8, 4) is 0 Å². The van der Waals surface area contributed by atoms with Crippen molar-refractivity contribution >= 4 is 68.0 Å². The molecule has 2 amide bonds. The molecule has 31 heavy (non-hydrogen) atoms. The van der Waals surface area contributed by atoms with Gasteiger partial charge in [0.15, 0.2) is 0 Å². The van der Waals surface area contributed by atoms with E-state index in [0.29, 0.717) is 44.7 Å². The van der Waals surface area contributed by atoms with Crippen LogP contribution in [0.4, 0.5) is 10.7 Å². The van der Waals surface area contributed by atoms with Crippen molar-refractivity contribution in [1.29, 1.82) is 0 Å². The number of hydrogen-bond donors (Lipinski definition) is 5.